The Bertz CT molecular complexity index is 539. The van der Waals surface area contributed by atoms with Crippen molar-refractivity contribution >= 4 is 0 Å². The molecule has 0 N–H and O–H groups in total. The van der Waals surface area contributed by atoms with Crippen molar-refractivity contribution in [1.82, 2.24) is 0 Å². The van der Waals surface area contributed by atoms with Gasteiger partial charge in [-0.2, -0.15) is 0 Å². The summed E-state index contributed by atoms with van der Waals surface area (Å²) in [5.74, 6) is 0. The second-order valence-corrected chi connectivity index (χ2v) is 6.20. The molecule has 2 rings (SSSR count). The molecule has 0 saturated heterocycles. The van der Waals surface area contributed by atoms with E-state index in [1.165, 1.54) is 27.8 Å². The van der Waals surface area contributed by atoms with Gasteiger partial charge in [-0.25, -0.2) is 0 Å². The van der Waals surface area contributed by atoms with Crippen LogP contribution >= 0.6 is 0 Å². The molecule has 0 aromatic heterocycles. The second kappa shape index (κ2) is 4.61. The number of rotatable bonds is 1. The van der Waals surface area contributed by atoms with Crippen molar-refractivity contribution in [2.24, 2.45) is 0 Å². The first-order chi connectivity index (χ1) is 8.36. The van der Waals surface area contributed by atoms with Gasteiger partial charge in [-0.1, -0.05) is 74.4 Å². The van der Waals surface area contributed by atoms with Crippen molar-refractivity contribution in [3.05, 3.63) is 59.2 Å². The quantitative estimate of drug-likeness (QED) is 0.635. The Morgan fingerprint density at radius 1 is 0.667 bits per heavy atom. The Labute approximate surface area is 111 Å². The summed E-state index contributed by atoms with van der Waals surface area (Å²) in [6, 6.07) is 15.6. The van der Waals surface area contributed by atoms with E-state index in [0.717, 1.165) is 0 Å². The highest BCUT2D eigenvalue weighted by molar-refractivity contribution is 5.65. The van der Waals surface area contributed by atoms with Crippen LogP contribution < -0.4 is 0 Å². The molecule has 2 aromatic carbocycles. The molecular formula is C18H22. The monoisotopic (exact) mass is 238 g/mol. The van der Waals surface area contributed by atoms with Crippen molar-refractivity contribution < 1.29 is 0 Å². The van der Waals surface area contributed by atoms with Crippen molar-refractivity contribution in [3.63, 3.8) is 0 Å². The Hall–Kier alpha value is -1.56. The lowest BCUT2D eigenvalue weighted by Crippen LogP contribution is -2.11. The Balaban J connectivity index is 2.52. The maximum absolute atomic E-state index is 2.32. The van der Waals surface area contributed by atoms with Gasteiger partial charge >= 0.3 is 0 Å². The highest BCUT2D eigenvalue weighted by Crippen LogP contribution is 2.29. The zero-order valence-corrected chi connectivity index (χ0v) is 12.0. The predicted molar refractivity (Wildman–Crippen MR) is 80.1 cm³/mol. The number of aryl methyl sites for hydroxylation is 2. The lowest BCUT2D eigenvalue weighted by atomic mass is 9.84. The molecule has 0 aliphatic rings. The number of hydrogen-bond acceptors (Lipinski definition) is 0. The Kier molecular flexibility index (Phi) is 3.30. The lowest BCUT2D eigenvalue weighted by molar-refractivity contribution is 0.590. The summed E-state index contributed by atoms with van der Waals surface area (Å²) in [6.45, 7) is 11.1. The van der Waals surface area contributed by atoms with Crippen molar-refractivity contribution in [2.75, 3.05) is 0 Å². The van der Waals surface area contributed by atoms with E-state index in [4.69, 9.17) is 0 Å². The molecule has 0 aliphatic carbocycles. The average molecular weight is 238 g/mol. The third-order valence-corrected chi connectivity index (χ3v) is 3.33. The molecule has 0 heterocycles. The zero-order valence-electron chi connectivity index (χ0n) is 12.0. The first-order valence-electron chi connectivity index (χ1n) is 6.55. The molecule has 0 aliphatic heterocycles. The van der Waals surface area contributed by atoms with Gasteiger partial charge in [0.05, 0.1) is 0 Å². The first-order valence-corrected chi connectivity index (χ1v) is 6.55. The average Bonchev–Trinajstić information content (AvgIpc) is 2.28. The topological polar surface area (TPSA) is 0 Å². The van der Waals surface area contributed by atoms with E-state index in [9.17, 15) is 0 Å². The zero-order chi connectivity index (χ0) is 13.3. The highest BCUT2D eigenvalue weighted by atomic mass is 14.2. The third kappa shape index (κ3) is 2.81. The summed E-state index contributed by atoms with van der Waals surface area (Å²) in [6.07, 6.45) is 0. The number of hydrogen-bond donors (Lipinski definition) is 0. The van der Waals surface area contributed by atoms with Gasteiger partial charge in [0.25, 0.3) is 0 Å². The molecule has 2 aromatic rings. The van der Waals surface area contributed by atoms with Crippen LogP contribution in [-0.2, 0) is 5.41 Å². The van der Waals surface area contributed by atoms with Crippen LogP contribution in [0.1, 0.15) is 37.5 Å². The van der Waals surface area contributed by atoms with Crippen molar-refractivity contribution in [2.45, 2.75) is 40.0 Å². The Morgan fingerprint density at radius 2 is 1.28 bits per heavy atom. The molecule has 0 nitrogen and oxygen atoms in total. The highest BCUT2D eigenvalue weighted by Gasteiger charge is 2.14. The molecule has 0 fully saturated rings. The SMILES string of the molecule is Cc1ccc(-c2cc(C)cc(C(C)(C)C)c2)cc1. The summed E-state index contributed by atoms with van der Waals surface area (Å²) in [4.78, 5) is 0. The molecule has 0 saturated carbocycles. The maximum atomic E-state index is 2.32. The largest absolute Gasteiger partial charge is 0.0587 e. The van der Waals surface area contributed by atoms with Gasteiger partial charge < -0.3 is 0 Å². The Morgan fingerprint density at radius 3 is 1.83 bits per heavy atom. The van der Waals surface area contributed by atoms with E-state index in [0.29, 0.717) is 0 Å². The standard InChI is InChI=1S/C18H22/c1-13-6-8-15(9-7-13)16-10-14(2)11-17(12-16)18(3,4)5/h6-12H,1-5H3. The summed E-state index contributed by atoms with van der Waals surface area (Å²) in [5.41, 5.74) is 6.86. The molecule has 0 radical (unpaired) electrons. The van der Waals surface area contributed by atoms with Gasteiger partial charge in [0.2, 0.25) is 0 Å². The first kappa shape index (κ1) is 12.9. The minimum absolute atomic E-state index is 0.200. The van der Waals surface area contributed by atoms with E-state index in [1.54, 1.807) is 0 Å². The van der Waals surface area contributed by atoms with Crippen LogP contribution in [0, 0.1) is 13.8 Å². The summed E-state index contributed by atoms with van der Waals surface area (Å²) in [5, 5.41) is 0. The van der Waals surface area contributed by atoms with Crippen LogP contribution in [0.15, 0.2) is 42.5 Å². The van der Waals surface area contributed by atoms with E-state index < -0.39 is 0 Å². The summed E-state index contributed by atoms with van der Waals surface area (Å²) in [7, 11) is 0. The molecule has 0 heteroatoms. The van der Waals surface area contributed by atoms with Crippen LogP contribution in [0.5, 0.6) is 0 Å². The minimum Gasteiger partial charge on any atom is -0.0587 e. The minimum atomic E-state index is 0.200. The second-order valence-electron chi connectivity index (χ2n) is 6.20. The van der Waals surface area contributed by atoms with Crippen LogP contribution in [0.4, 0.5) is 0 Å². The molecule has 0 atom stereocenters. The van der Waals surface area contributed by atoms with Gasteiger partial charge in [-0.05, 0) is 36.0 Å². The normalized spacial score (nSPS) is 11.6. The van der Waals surface area contributed by atoms with Crippen LogP contribution in [-0.4, -0.2) is 0 Å². The fraction of sp³-hybridized carbons (Fsp3) is 0.333. The molecule has 0 spiro atoms. The fourth-order valence-electron chi connectivity index (χ4n) is 2.13. The van der Waals surface area contributed by atoms with Crippen LogP contribution in [0.25, 0.3) is 11.1 Å². The predicted octanol–water partition coefficient (Wildman–Crippen LogP) is 5.27. The van der Waals surface area contributed by atoms with Gasteiger partial charge in [-0.15, -0.1) is 0 Å². The summed E-state index contributed by atoms with van der Waals surface area (Å²) >= 11 is 0. The van der Waals surface area contributed by atoms with E-state index >= 15 is 0 Å². The molecule has 0 unspecified atom stereocenters. The van der Waals surface area contributed by atoms with Gasteiger partial charge in [0.15, 0.2) is 0 Å². The fourth-order valence-corrected chi connectivity index (χ4v) is 2.13. The van der Waals surface area contributed by atoms with Crippen LogP contribution in [0.3, 0.4) is 0 Å². The van der Waals surface area contributed by atoms with Gasteiger partial charge in [0.1, 0.15) is 0 Å². The molecular weight excluding hydrogens is 216 g/mol. The van der Waals surface area contributed by atoms with E-state index in [-0.39, 0.29) is 5.41 Å². The molecule has 18 heavy (non-hydrogen) atoms. The third-order valence-electron chi connectivity index (χ3n) is 3.33. The summed E-state index contributed by atoms with van der Waals surface area (Å²) < 4.78 is 0. The van der Waals surface area contributed by atoms with Crippen LogP contribution in [0.2, 0.25) is 0 Å². The number of benzene rings is 2. The van der Waals surface area contributed by atoms with E-state index in [1.807, 2.05) is 0 Å². The molecule has 0 amide bonds. The maximum Gasteiger partial charge on any atom is -0.0132 e. The molecule has 0 bridgehead atoms. The van der Waals surface area contributed by atoms with Crippen molar-refractivity contribution in [1.29, 1.82) is 0 Å². The lowest BCUT2D eigenvalue weighted by Gasteiger charge is -2.21. The van der Waals surface area contributed by atoms with E-state index in [2.05, 4.69) is 77.1 Å². The smallest absolute Gasteiger partial charge is 0.0132 e. The van der Waals surface area contributed by atoms with Crippen molar-refractivity contribution in [3.8, 4) is 11.1 Å². The molecule has 94 valence electrons. The van der Waals surface area contributed by atoms with Gasteiger partial charge in [-0.3, -0.25) is 0 Å². The van der Waals surface area contributed by atoms with Gasteiger partial charge in [0, 0.05) is 0 Å².